The van der Waals surface area contributed by atoms with Gasteiger partial charge >= 0.3 is 0 Å². The lowest BCUT2D eigenvalue weighted by Gasteiger charge is -2.31. The van der Waals surface area contributed by atoms with Crippen LogP contribution in [0.25, 0.3) is 0 Å². The molecule has 0 aliphatic carbocycles. The second kappa shape index (κ2) is 7.85. The van der Waals surface area contributed by atoms with Crippen molar-refractivity contribution in [3.8, 4) is 0 Å². The van der Waals surface area contributed by atoms with Crippen molar-refractivity contribution < 1.29 is 17.6 Å². The molecule has 2 aromatic rings. The molecule has 3 rings (SSSR count). The van der Waals surface area contributed by atoms with Gasteiger partial charge in [0, 0.05) is 17.6 Å². The zero-order valence-corrected chi connectivity index (χ0v) is 16.3. The Kier molecular flexibility index (Phi) is 5.74. The van der Waals surface area contributed by atoms with Crippen LogP contribution in [0.15, 0.2) is 57.9 Å². The maximum atomic E-state index is 13.9. The third kappa shape index (κ3) is 4.13. The molecule has 0 saturated carbocycles. The van der Waals surface area contributed by atoms with Crippen molar-refractivity contribution in [1.82, 2.24) is 4.31 Å². The average Bonchev–Trinajstić information content (AvgIpc) is 2.65. The molecule has 0 aromatic heterocycles. The van der Waals surface area contributed by atoms with E-state index in [-0.39, 0.29) is 23.0 Å². The van der Waals surface area contributed by atoms with Gasteiger partial charge in [-0.05, 0) is 43.2 Å². The largest absolute Gasteiger partial charge is 0.323 e. The van der Waals surface area contributed by atoms with E-state index in [1.165, 1.54) is 28.6 Å². The molecule has 2 aromatic carbocycles. The number of carbonyl (C=O) groups excluding carboxylic acids is 1. The number of hydrogen-bond donors (Lipinski definition) is 1. The Labute approximate surface area is 160 Å². The highest BCUT2D eigenvalue weighted by atomic mass is 79.9. The molecule has 0 unspecified atom stereocenters. The molecule has 26 heavy (non-hydrogen) atoms. The molecule has 1 amide bonds. The number of carbonyl (C=O) groups is 1. The van der Waals surface area contributed by atoms with Crippen LogP contribution in [-0.4, -0.2) is 31.7 Å². The maximum Gasteiger partial charge on any atom is 0.243 e. The summed E-state index contributed by atoms with van der Waals surface area (Å²) in [4.78, 5) is 12.7. The van der Waals surface area contributed by atoms with Gasteiger partial charge in [-0.3, -0.25) is 4.79 Å². The van der Waals surface area contributed by atoms with Gasteiger partial charge in [0.25, 0.3) is 0 Å². The lowest BCUT2D eigenvalue weighted by atomic mass is 9.98. The molecule has 1 saturated heterocycles. The van der Waals surface area contributed by atoms with E-state index in [4.69, 9.17) is 0 Å². The monoisotopic (exact) mass is 440 g/mol. The molecule has 0 bridgehead atoms. The fraction of sp³-hybridized carbons (Fsp3) is 0.278. The number of benzene rings is 2. The van der Waals surface area contributed by atoms with Crippen molar-refractivity contribution in [3.63, 3.8) is 0 Å². The summed E-state index contributed by atoms with van der Waals surface area (Å²) in [6.07, 6.45) is 1.14. The smallest absolute Gasteiger partial charge is 0.243 e. The van der Waals surface area contributed by atoms with E-state index in [1.54, 1.807) is 24.3 Å². The van der Waals surface area contributed by atoms with Crippen LogP contribution in [0.4, 0.5) is 10.1 Å². The Balaban J connectivity index is 1.73. The molecular formula is C18H18BrFN2O3S. The average molecular weight is 441 g/mol. The van der Waals surface area contributed by atoms with Crippen molar-refractivity contribution in [2.24, 2.45) is 5.92 Å². The third-order valence-electron chi connectivity index (χ3n) is 4.32. The van der Waals surface area contributed by atoms with E-state index < -0.39 is 21.8 Å². The zero-order valence-electron chi connectivity index (χ0n) is 13.9. The van der Waals surface area contributed by atoms with E-state index >= 15 is 0 Å². The van der Waals surface area contributed by atoms with Crippen molar-refractivity contribution in [2.75, 3.05) is 18.4 Å². The first-order valence-electron chi connectivity index (χ1n) is 8.19. The topological polar surface area (TPSA) is 66.5 Å². The summed E-state index contributed by atoms with van der Waals surface area (Å²) in [5, 5.41) is 2.56. The molecular weight excluding hydrogens is 423 g/mol. The number of nitrogens with one attached hydrogen (secondary N) is 1. The molecule has 0 spiro atoms. The van der Waals surface area contributed by atoms with Crippen LogP contribution < -0.4 is 5.32 Å². The second-order valence-corrected chi connectivity index (χ2v) is 8.98. The van der Waals surface area contributed by atoms with Crippen LogP contribution >= 0.6 is 15.9 Å². The Morgan fingerprint density at radius 3 is 2.62 bits per heavy atom. The summed E-state index contributed by atoms with van der Waals surface area (Å²) in [6.45, 7) is 0.453. The van der Waals surface area contributed by atoms with Crippen LogP contribution in [0.5, 0.6) is 0 Å². The molecule has 138 valence electrons. The Morgan fingerprint density at radius 2 is 1.92 bits per heavy atom. The van der Waals surface area contributed by atoms with Gasteiger partial charge in [0.1, 0.15) is 5.82 Å². The molecule has 1 heterocycles. The molecule has 0 radical (unpaired) electrons. The van der Waals surface area contributed by atoms with Crippen molar-refractivity contribution >= 4 is 37.5 Å². The minimum Gasteiger partial charge on any atom is -0.323 e. The first-order chi connectivity index (χ1) is 12.4. The summed E-state index contributed by atoms with van der Waals surface area (Å²) < 4.78 is 41.3. The van der Waals surface area contributed by atoms with Crippen LogP contribution in [0, 0.1) is 11.7 Å². The fourth-order valence-electron chi connectivity index (χ4n) is 2.94. The van der Waals surface area contributed by atoms with E-state index in [2.05, 4.69) is 21.2 Å². The first kappa shape index (κ1) is 19.0. The molecule has 1 fully saturated rings. The van der Waals surface area contributed by atoms with E-state index in [1.807, 2.05) is 0 Å². The summed E-state index contributed by atoms with van der Waals surface area (Å²) in [5.74, 6) is -1.44. The number of nitrogens with zero attached hydrogens (tertiary/aromatic N) is 1. The van der Waals surface area contributed by atoms with Crippen molar-refractivity contribution in [2.45, 2.75) is 17.7 Å². The van der Waals surface area contributed by atoms with Gasteiger partial charge in [0.05, 0.1) is 16.5 Å². The van der Waals surface area contributed by atoms with E-state index in [0.717, 1.165) is 0 Å². The van der Waals surface area contributed by atoms with Gasteiger partial charge in [-0.15, -0.1) is 0 Å². The van der Waals surface area contributed by atoms with E-state index in [9.17, 15) is 17.6 Å². The Hall–Kier alpha value is -1.77. The number of rotatable bonds is 4. The van der Waals surface area contributed by atoms with Gasteiger partial charge in [0.15, 0.2) is 0 Å². The SMILES string of the molecule is O=C(Nc1ccc(Br)cc1F)[C@@H]1CCCN(S(=O)(=O)c2ccccc2)C1. The molecule has 5 nitrogen and oxygen atoms in total. The lowest BCUT2D eigenvalue weighted by Crippen LogP contribution is -2.43. The van der Waals surface area contributed by atoms with Crippen molar-refractivity contribution in [1.29, 1.82) is 0 Å². The predicted octanol–water partition coefficient (Wildman–Crippen LogP) is 3.63. The quantitative estimate of drug-likeness (QED) is 0.788. The van der Waals surface area contributed by atoms with Gasteiger partial charge in [-0.2, -0.15) is 4.31 Å². The molecule has 1 aliphatic heterocycles. The number of sulfonamides is 1. The fourth-order valence-corrected chi connectivity index (χ4v) is 4.82. The number of anilines is 1. The lowest BCUT2D eigenvalue weighted by molar-refractivity contribution is -0.120. The normalized spacial score (nSPS) is 18.5. The first-order valence-corrected chi connectivity index (χ1v) is 10.4. The Morgan fingerprint density at radius 1 is 1.19 bits per heavy atom. The number of piperidine rings is 1. The number of amides is 1. The van der Waals surface area contributed by atoms with Crippen LogP contribution in [0.1, 0.15) is 12.8 Å². The molecule has 1 N–H and O–H groups in total. The zero-order chi connectivity index (χ0) is 18.7. The molecule has 8 heteroatoms. The van der Waals surface area contributed by atoms with Crippen LogP contribution in [0.2, 0.25) is 0 Å². The highest BCUT2D eigenvalue weighted by Gasteiger charge is 2.33. The molecule has 1 atom stereocenters. The standard InChI is InChI=1S/C18H18BrFN2O3S/c19-14-8-9-17(16(20)11-14)21-18(23)13-5-4-10-22(12-13)26(24,25)15-6-2-1-3-7-15/h1-3,6-9,11,13H,4-5,10,12H2,(H,21,23)/t13-/m1/s1. The highest BCUT2D eigenvalue weighted by molar-refractivity contribution is 9.10. The van der Waals surface area contributed by atoms with Gasteiger partial charge in [-0.1, -0.05) is 34.1 Å². The van der Waals surface area contributed by atoms with E-state index in [0.29, 0.717) is 23.9 Å². The van der Waals surface area contributed by atoms with Gasteiger partial charge < -0.3 is 5.32 Å². The van der Waals surface area contributed by atoms with Gasteiger partial charge in [0.2, 0.25) is 15.9 Å². The second-order valence-electron chi connectivity index (χ2n) is 6.13. The summed E-state index contributed by atoms with van der Waals surface area (Å²) >= 11 is 3.16. The Bertz CT molecular complexity index is 906. The van der Waals surface area contributed by atoms with Crippen LogP contribution in [-0.2, 0) is 14.8 Å². The predicted molar refractivity (Wildman–Crippen MR) is 101 cm³/mol. The van der Waals surface area contributed by atoms with Crippen molar-refractivity contribution in [3.05, 3.63) is 58.8 Å². The maximum absolute atomic E-state index is 13.9. The minimum atomic E-state index is -3.64. The third-order valence-corrected chi connectivity index (χ3v) is 6.70. The highest BCUT2D eigenvalue weighted by Crippen LogP contribution is 2.26. The number of halogens is 2. The number of hydrogen-bond acceptors (Lipinski definition) is 3. The van der Waals surface area contributed by atoms with Crippen LogP contribution in [0.3, 0.4) is 0 Å². The molecule has 1 aliphatic rings. The summed E-state index contributed by atoms with van der Waals surface area (Å²) in [5.41, 5.74) is 0.0845. The summed E-state index contributed by atoms with van der Waals surface area (Å²) in [7, 11) is -3.64. The minimum absolute atomic E-state index is 0.0845. The van der Waals surface area contributed by atoms with Gasteiger partial charge in [-0.25, -0.2) is 12.8 Å². The summed E-state index contributed by atoms with van der Waals surface area (Å²) in [6, 6.07) is 12.5.